The van der Waals surface area contributed by atoms with Crippen molar-refractivity contribution in [2.45, 2.75) is 45.2 Å². The summed E-state index contributed by atoms with van der Waals surface area (Å²) in [5.74, 6) is -0.0498. The van der Waals surface area contributed by atoms with Gasteiger partial charge in [0.1, 0.15) is 0 Å². The number of aryl methyl sites for hydroxylation is 1. The lowest BCUT2D eigenvalue weighted by atomic mass is 10.1. The number of anilines is 2. The number of nitrogens with one attached hydrogen (secondary N) is 1. The second-order valence-corrected chi connectivity index (χ2v) is 7.74. The number of nitrogens with zero attached hydrogens (tertiary/aromatic N) is 2. The van der Waals surface area contributed by atoms with Crippen LogP contribution in [0.1, 0.15) is 36.8 Å². The van der Waals surface area contributed by atoms with E-state index in [1.54, 1.807) is 0 Å². The summed E-state index contributed by atoms with van der Waals surface area (Å²) < 4.78 is 0. The Balaban J connectivity index is 1.34. The van der Waals surface area contributed by atoms with Gasteiger partial charge in [0.2, 0.25) is 11.8 Å². The number of para-hydroxylation sites is 2. The predicted molar refractivity (Wildman–Crippen MR) is 111 cm³/mol. The summed E-state index contributed by atoms with van der Waals surface area (Å²) in [6.45, 7) is 4.32. The Kier molecular flexibility index (Phi) is 5.33. The van der Waals surface area contributed by atoms with Crippen molar-refractivity contribution in [3.05, 3.63) is 59.7 Å². The van der Waals surface area contributed by atoms with Crippen LogP contribution < -0.4 is 15.1 Å². The van der Waals surface area contributed by atoms with Gasteiger partial charge in [0.05, 0.1) is 11.4 Å². The lowest BCUT2D eigenvalue weighted by Gasteiger charge is -2.40. The Bertz CT molecular complexity index is 862. The average molecular weight is 377 g/mol. The number of amides is 2. The normalized spacial score (nSPS) is 17.8. The minimum atomic E-state index is -0.0817. The first kappa shape index (κ1) is 18.5. The lowest BCUT2D eigenvalue weighted by molar-refractivity contribution is -0.125. The number of carbonyl (C=O) groups excluding carboxylic acids is 2. The SMILES string of the molecule is Cc1ccc(CNC(=O)CCC(=O)N2CC3CCCN3c3ccccc32)cc1. The van der Waals surface area contributed by atoms with Crippen molar-refractivity contribution in [1.29, 1.82) is 0 Å². The van der Waals surface area contributed by atoms with Gasteiger partial charge in [0, 0.05) is 38.5 Å². The van der Waals surface area contributed by atoms with Crippen molar-refractivity contribution in [3.8, 4) is 0 Å². The van der Waals surface area contributed by atoms with Gasteiger partial charge in [-0.05, 0) is 37.5 Å². The van der Waals surface area contributed by atoms with Crippen molar-refractivity contribution in [1.82, 2.24) is 5.32 Å². The van der Waals surface area contributed by atoms with Crippen LogP contribution in [0.3, 0.4) is 0 Å². The van der Waals surface area contributed by atoms with Crippen LogP contribution in [0.5, 0.6) is 0 Å². The quantitative estimate of drug-likeness (QED) is 0.869. The van der Waals surface area contributed by atoms with E-state index in [9.17, 15) is 9.59 Å². The highest BCUT2D eigenvalue weighted by Gasteiger charge is 2.35. The minimum Gasteiger partial charge on any atom is -0.365 e. The van der Waals surface area contributed by atoms with E-state index in [1.807, 2.05) is 54.3 Å². The standard InChI is InChI=1S/C23H27N3O2/c1-17-8-10-18(11-9-17)15-24-22(27)12-13-23(28)26-16-19-5-4-14-25(19)20-6-2-3-7-21(20)26/h2-3,6-11,19H,4-5,12-16H2,1H3,(H,24,27). The molecular weight excluding hydrogens is 350 g/mol. The largest absolute Gasteiger partial charge is 0.365 e. The molecule has 2 heterocycles. The van der Waals surface area contributed by atoms with E-state index in [1.165, 1.54) is 12.0 Å². The van der Waals surface area contributed by atoms with E-state index in [2.05, 4.69) is 16.3 Å². The number of benzene rings is 2. The molecule has 0 radical (unpaired) electrons. The molecular formula is C23H27N3O2. The minimum absolute atomic E-state index is 0.0319. The predicted octanol–water partition coefficient (Wildman–Crippen LogP) is 3.41. The van der Waals surface area contributed by atoms with E-state index in [-0.39, 0.29) is 24.7 Å². The maximum Gasteiger partial charge on any atom is 0.227 e. The first-order chi connectivity index (χ1) is 13.6. The molecule has 0 spiro atoms. The summed E-state index contributed by atoms with van der Waals surface area (Å²) in [6.07, 6.45) is 2.75. The summed E-state index contributed by atoms with van der Waals surface area (Å²) in [4.78, 5) is 29.4. The zero-order valence-electron chi connectivity index (χ0n) is 16.4. The van der Waals surface area contributed by atoms with Gasteiger partial charge in [-0.2, -0.15) is 0 Å². The Labute approximate surface area is 166 Å². The maximum atomic E-state index is 12.9. The van der Waals surface area contributed by atoms with E-state index >= 15 is 0 Å². The second-order valence-electron chi connectivity index (χ2n) is 7.74. The molecule has 2 amide bonds. The van der Waals surface area contributed by atoms with Crippen molar-refractivity contribution < 1.29 is 9.59 Å². The summed E-state index contributed by atoms with van der Waals surface area (Å²) >= 11 is 0. The first-order valence-corrected chi connectivity index (χ1v) is 10.1. The van der Waals surface area contributed by atoms with Gasteiger partial charge >= 0.3 is 0 Å². The first-order valence-electron chi connectivity index (χ1n) is 10.1. The van der Waals surface area contributed by atoms with Crippen LogP contribution >= 0.6 is 0 Å². The molecule has 0 aromatic heterocycles. The van der Waals surface area contributed by atoms with Crippen molar-refractivity contribution >= 4 is 23.2 Å². The molecule has 1 fully saturated rings. The Hall–Kier alpha value is -2.82. The van der Waals surface area contributed by atoms with Gasteiger partial charge in [0.15, 0.2) is 0 Å². The molecule has 1 atom stereocenters. The molecule has 0 bridgehead atoms. The molecule has 1 N–H and O–H groups in total. The fraction of sp³-hybridized carbons (Fsp3) is 0.391. The van der Waals surface area contributed by atoms with Crippen LogP contribution in [-0.2, 0) is 16.1 Å². The van der Waals surface area contributed by atoms with Crippen LogP contribution in [0.2, 0.25) is 0 Å². The Morgan fingerprint density at radius 1 is 1.04 bits per heavy atom. The molecule has 146 valence electrons. The number of rotatable bonds is 5. The molecule has 2 aliphatic rings. The van der Waals surface area contributed by atoms with Gasteiger partial charge in [0.25, 0.3) is 0 Å². The molecule has 0 saturated carbocycles. The molecule has 2 aromatic rings. The highest BCUT2D eigenvalue weighted by Crippen LogP contribution is 2.39. The Morgan fingerprint density at radius 3 is 2.57 bits per heavy atom. The molecule has 1 saturated heterocycles. The van der Waals surface area contributed by atoms with Crippen LogP contribution in [0.25, 0.3) is 0 Å². The summed E-state index contributed by atoms with van der Waals surface area (Å²) in [5.41, 5.74) is 4.39. The summed E-state index contributed by atoms with van der Waals surface area (Å²) in [6, 6.07) is 16.6. The monoisotopic (exact) mass is 377 g/mol. The zero-order valence-corrected chi connectivity index (χ0v) is 16.4. The van der Waals surface area contributed by atoms with E-state index in [0.717, 1.165) is 36.4 Å². The Morgan fingerprint density at radius 2 is 1.79 bits per heavy atom. The molecule has 0 aliphatic carbocycles. The van der Waals surface area contributed by atoms with Crippen LogP contribution in [0.15, 0.2) is 48.5 Å². The molecule has 2 aliphatic heterocycles. The van der Waals surface area contributed by atoms with Crippen LogP contribution in [0.4, 0.5) is 11.4 Å². The molecule has 4 rings (SSSR count). The molecule has 2 aromatic carbocycles. The third-order valence-corrected chi connectivity index (χ3v) is 5.73. The third-order valence-electron chi connectivity index (χ3n) is 5.73. The van der Waals surface area contributed by atoms with Gasteiger partial charge in [-0.15, -0.1) is 0 Å². The van der Waals surface area contributed by atoms with Crippen molar-refractivity contribution in [3.63, 3.8) is 0 Å². The fourth-order valence-electron chi connectivity index (χ4n) is 4.17. The highest BCUT2D eigenvalue weighted by atomic mass is 16.2. The third kappa shape index (κ3) is 3.88. The highest BCUT2D eigenvalue weighted by molar-refractivity contribution is 5.99. The zero-order chi connectivity index (χ0) is 19.5. The molecule has 28 heavy (non-hydrogen) atoms. The molecule has 1 unspecified atom stereocenters. The van der Waals surface area contributed by atoms with E-state index < -0.39 is 0 Å². The molecule has 5 nitrogen and oxygen atoms in total. The molecule has 5 heteroatoms. The average Bonchev–Trinajstić information content (AvgIpc) is 3.20. The number of hydrogen-bond acceptors (Lipinski definition) is 3. The fourth-order valence-corrected chi connectivity index (χ4v) is 4.17. The topological polar surface area (TPSA) is 52.7 Å². The summed E-state index contributed by atoms with van der Waals surface area (Å²) in [5, 5.41) is 2.91. The van der Waals surface area contributed by atoms with Gasteiger partial charge in [-0.25, -0.2) is 0 Å². The lowest BCUT2D eigenvalue weighted by Crippen LogP contribution is -2.48. The van der Waals surface area contributed by atoms with E-state index in [0.29, 0.717) is 12.6 Å². The van der Waals surface area contributed by atoms with Gasteiger partial charge in [-0.1, -0.05) is 42.0 Å². The number of hydrogen-bond donors (Lipinski definition) is 1. The number of fused-ring (bicyclic) bond motifs is 3. The van der Waals surface area contributed by atoms with Crippen molar-refractivity contribution in [2.75, 3.05) is 22.9 Å². The second kappa shape index (κ2) is 8.05. The van der Waals surface area contributed by atoms with E-state index in [4.69, 9.17) is 0 Å². The summed E-state index contributed by atoms with van der Waals surface area (Å²) in [7, 11) is 0. The maximum absolute atomic E-state index is 12.9. The van der Waals surface area contributed by atoms with Crippen LogP contribution in [-0.4, -0.2) is 30.9 Å². The van der Waals surface area contributed by atoms with Gasteiger partial charge < -0.3 is 15.1 Å². The van der Waals surface area contributed by atoms with Gasteiger partial charge in [-0.3, -0.25) is 9.59 Å². The smallest absolute Gasteiger partial charge is 0.227 e. The van der Waals surface area contributed by atoms with Crippen molar-refractivity contribution in [2.24, 2.45) is 0 Å². The van der Waals surface area contributed by atoms with Crippen LogP contribution in [0, 0.1) is 6.92 Å². The number of carbonyl (C=O) groups is 2.